The van der Waals surface area contributed by atoms with E-state index in [0.717, 1.165) is 6.07 Å². The van der Waals surface area contributed by atoms with Gasteiger partial charge in [-0.3, -0.25) is 0 Å². The number of hydrogen-bond acceptors (Lipinski definition) is 2. The molecule has 0 bridgehead atoms. The first-order valence-electron chi connectivity index (χ1n) is 3.23. The van der Waals surface area contributed by atoms with Gasteiger partial charge in [-0.15, -0.1) is 0 Å². The van der Waals surface area contributed by atoms with E-state index in [1.165, 1.54) is 13.2 Å². The fourth-order valence-corrected chi connectivity index (χ4v) is 1.30. The molecule has 0 aliphatic heterocycles. The molecule has 1 aromatic rings. The zero-order valence-electron chi connectivity index (χ0n) is 6.57. The Bertz CT molecular complexity index is 386. The Balaban J connectivity index is 3.48. The number of methoxy groups -OCH3 is 1. The molecule has 13 heavy (non-hydrogen) atoms. The van der Waals surface area contributed by atoms with Crippen molar-refractivity contribution >= 4 is 15.9 Å². The fourth-order valence-electron chi connectivity index (χ4n) is 0.824. The van der Waals surface area contributed by atoms with Crippen LogP contribution in [-0.4, -0.2) is 7.11 Å². The number of ether oxygens (including phenoxy) is 1. The lowest BCUT2D eigenvalue weighted by molar-refractivity contribution is 0.402. The molecule has 68 valence electrons. The number of rotatable bonds is 1. The molecule has 0 spiro atoms. The lowest BCUT2D eigenvalue weighted by atomic mass is 10.2. The Labute approximate surface area is 81.9 Å². The summed E-state index contributed by atoms with van der Waals surface area (Å²) in [4.78, 5) is 0. The van der Waals surface area contributed by atoms with Crippen molar-refractivity contribution in [3.8, 4) is 11.8 Å². The van der Waals surface area contributed by atoms with Crippen LogP contribution in [0.3, 0.4) is 0 Å². The average Bonchev–Trinajstić information content (AvgIpc) is 2.12. The van der Waals surface area contributed by atoms with Gasteiger partial charge in [-0.2, -0.15) is 5.26 Å². The van der Waals surface area contributed by atoms with Crippen LogP contribution in [0, 0.1) is 23.0 Å². The van der Waals surface area contributed by atoms with Crippen molar-refractivity contribution in [2.45, 2.75) is 0 Å². The molecule has 5 heteroatoms. The maximum absolute atomic E-state index is 13.1. The number of hydrogen-bond donors (Lipinski definition) is 0. The number of nitriles is 1. The van der Waals surface area contributed by atoms with Crippen LogP contribution < -0.4 is 4.74 Å². The van der Waals surface area contributed by atoms with Crippen molar-refractivity contribution in [2.75, 3.05) is 7.11 Å². The highest BCUT2D eigenvalue weighted by Crippen LogP contribution is 2.31. The van der Waals surface area contributed by atoms with Gasteiger partial charge < -0.3 is 4.74 Å². The second-order valence-corrected chi connectivity index (χ2v) is 2.97. The van der Waals surface area contributed by atoms with Crippen LogP contribution in [0.2, 0.25) is 0 Å². The molecule has 2 nitrogen and oxygen atoms in total. The van der Waals surface area contributed by atoms with Gasteiger partial charge in [0.15, 0.2) is 5.82 Å². The van der Waals surface area contributed by atoms with Gasteiger partial charge in [-0.05, 0) is 15.9 Å². The topological polar surface area (TPSA) is 33.0 Å². The maximum Gasteiger partial charge on any atom is 0.161 e. The molecule has 0 saturated heterocycles. The van der Waals surface area contributed by atoms with Crippen LogP contribution in [0.5, 0.6) is 5.75 Å². The third kappa shape index (κ3) is 1.63. The third-order valence-electron chi connectivity index (χ3n) is 1.46. The second kappa shape index (κ2) is 3.71. The quantitative estimate of drug-likeness (QED) is 0.715. The SMILES string of the molecule is COc1cc(F)c(C#N)c(F)c1Br. The van der Waals surface area contributed by atoms with Crippen molar-refractivity contribution in [3.63, 3.8) is 0 Å². The summed E-state index contributed by atoms with van der Waals surface area (Å²) < 4.78 is 30.7. The maximum atomic E-state index is 13.1. The van der Waals surface area contributed by atoms with Crippen molar-refractivity contribution < 1.29 is 13.5 Å². The van der Waals surface area contributed by atoms with Crippen LogP contribution in [0.25, 0.3) is 0 Å². The minimum absolute atomic E-state index is 0.0222. The minimum atomic E-state index is -0.945. The molecular formula is C8H4BrF2NO. The van der Waals surface area contributed by atoms with E-state index in [0.29, 0.717) is 0 Å². The predicted molar refractivity (Wildman–Crippen MR) is 45.3 cm³/mol. The van der Waals surface area contributed by atoms with Gasteiger partial charge >= 0.3 is 0 Å². The number of halogens is 3. The van der Waals surface area contributed by atoms with Gasteiger partial charge in [0.25, 0.3) is 0 Å². The first-order chi connectivity index (χ1) is 6.11. The van der Waals surface area contributed by atoms with Gasteiger partial charge in [0.1, 0.15) is 23.2 Å². The van der Waals surface area contributed by atoms with Crippen LogP contribution in [0.1, 0.15) is 5.56 Å². The summed E-state index contributed by atoms with van der Waals surface area (Å²) >= 11 is 2.85. The normalized spacial score (nSPS) is 9.46. The molecule has 0 aliphatic carbocycles. The summed E-state index contributed by atoms with van der Waals surface area (Å²) in [5.41, 5.74) is -0.618. The zero-order chi connectivity index (χ0) is 10.0. The molecule has 0 unspecified atom stereocenters. The van der Waals surface area contributed by atoms with E-state index in [9.17, 15) is 8.78 Å². The Morgan fingerprint density at radius 1 is 1.54 bits per heavy atom. The van der Waals surface area contributed by atoms with E-state index < -0.39 is 17.2 Å². The van der Waals surface area contributed by atoms with Crippen molar-refractivity contribution in [3.05, 3.63) is 27.7 Å². The van der Waals surface area contributed by atoms with E-state index >= 15 is 0 Å². The summed E-state index contributed by atoms with van der Waals surface area (Å²) in [6.45, 7) is 0. The van der Waals surface area contributed by atoms with Crippen LogP contribution in [0.15, 0.2) is 10.5 Å². The van der Waals surface area contributed by atoms with E-state index in [-0.39, 0.29) is 10.2 Å². The highest BCUT2D eigenvalue weighted by atomic mass is 79.9. The van der Waals surface area contributed by atoms with E-state index in [1.54, 1.807) is 0 Å². The average molecular weight is 248 g/mol. The molecule has 0 radical (unpaired) electrons. The molecule has 0 atom stereocenters. The number of nitrogens with zero attached hydrogens (tertiary/aromatic N) is 1. The highest BCUT2D eigenvalue weighted by molar-refractivity contribution is 9.10. The second-order valence-electron chi connectivity index (χ2n) is 2.18. The molecule has 0 amide bonds. The monoisotopic (exact) mass is 247 g/mol. The van der Waals surface area contributed by atoms with Crippen LogP contribution in [-0.2, 0) is 0 Å². The smallest absolute Gasteiger partial charge is 0.161 e. The van der Waals surface area contributed by atoms with Crippen molar-refractivity contribution in [2.24, 2.45) is 0 Å². The minimum Gasteiger partial charge on any atom is -0.495 e. The summed E-state index contributed by atoms with van der Waals surface area (Å²) in [5.74, 6) is -1.85. The van der Waals surface area contributed by atoms with Crippen LogP contribution in [0.4, 0.5) is 8.78 Å². The molecule has 0 saturated carbocycles. The third-order valence-corrected chi connectivity index (χ3v) is 2.20. The Kier molecular flexibility index (Phi) is 2.83. The van der Waals surface area contributed by atoms with E-state index in [2.05, 4.69) is 20.7 Å². The standard InChI is InChI=1S/C8H4BrF2NO/c1-13-6-2-5(10)4(3-12)8(11)7(6)9/h2H,1H3. The lowest BCUT2D eigenvalue weighted by Crippen LogP contribution is -1.95. The Hall–Kier alpha value is -1.15. The van der Waals surface area contributed by atoms with E-state index in [4.69, 9.17) is 5.26 Å². The van der Waals surface area contributed by atoms with Gasteiger partial charge in [0.05, 0.1) is 11.6 Å². The highest BCUT2D eigenvalue weighted by Gasteiger charge is 2.16. The van der Waals surface area contributed by atoms with E-state index in [1.807, 2.05) is 0 Å². The number of benzene rings is 1. The fraction of sp³-hybridized carbons (Fsp3) is 0.125. The first-order valence-corrected chi connectivity index (χ1v) is 4.02. The Morgan fingerprint density at radius 3 is 2.62 bits per heavy atom. The van der Waals surface area contributed by atoms with Crippen molar-refractivity contribution in [1.29, 1.82) is 5.26 Å². The largest absolute Gasteiger partial charge is 0.495 e. The molecule has 0 N–H and O–H groups in total. The molecule has 0 heterocycles. The predicted octanol–water partition coefficient (Wildman–Crippen LogP) is 2.61. The molecule has 0 aliphatic rings. The molecular weight excluding hydrogens is 244 g/mol. The van der Waals surface area contributed by atoms with Crippen molar-refractivity contribution in [1.82, 2.24) is 0 Å². The summed E-state index contributed by atoms with van der Waals surface area (Å²) in [5, 5.41) is 8.40. The Morgan fingerprint density at radius 2 is 2.15 bits per heavy atom. The summed E-state index contributed by atoms with van der Waals surface area (Å²) in [6.07, 6.45) is 0. The summed E-state index contributed by atoms with van der Waals surface area (Å²) in [6, 6.07) is 2.37. The van der Waals surface area contributed by atoms with Gasteiger partial charge in [0.2, 0.25) is 0 Å². The molecule has 1 rings (SSSR count). The molecule has 0 aromatic heterocycles. The zero-order valence-corrected chi connectivity index (χ0v) is 8.15. The molecule has 1 aromatic carbocycles. The first kappa shape index (κ1) is 9.93. The van der Waals surface area contributed by atoms with Gasteiger partial charge in [-0.25, -0.2) is 8.78 Å². The summed E-state index contributed by atoms with van der Waals surface area (Å²) in [7, 11) is 1.28. The van der Waals surface area contributed by atoms with Gasteiger partial charge in [0, 0.05) is 6.07 Å². The van der Waals surface area contributed by atoms with Gasteiger partial charge in [-0.1, -0.05) is 0 Å². The lowest BCUT2D eigenvalue weighted by Gasteiger charge is -2.05. The van der Waals surface area contributed by atoms with Crippen LogP contribution >= 0.6 is 15.9 Å². The molecule has 0 fully saturated rings.